The maximum Gasteiger partial charge on any atom is 0.255 e. The lowest BCUT2D eigenvalue weighted by Gasteiger charge is -2.08. The van der Waals surface area contributed by atoms with E-state index in [-0.39, 0.29) is 17.9 Å². The number of rotatable bonds is 4. The van der Waals surface area contributed by atoms with Gasteiger partial charge in [-0.1, -0.05) is 12.1 Å². The molecule has 2 aromatic rings. The molecule has 0 aromatic heterocycles. The normalized spacial score (nSPS) is 10.1. The molecule has 0 saturated carbocycles. The summed E-state index contributed by atoms with van der Waals surface area (Å²) in [5.74, 6) is -0.681. The van der Waals surface area contributed by atoms with Gasteiger partial charge in [0, 0.05) is 6.54 Å². The van der Waals surface area contributed by atoms with Crippen LogP contribution in [0, 0.1) is 5.82 Å². The first kappa shape index (κ1) is 13.9. The molecular formula is C15H14FNO3. The largest absolute Gasteiger partial charge is 0.507 e. The highest BCUT2D eigenvalue weighted by Gasteiger charge is 2.11. The molecule has 1 amide bonds. The van der Waals surface area contributed by atoms with E-state index in [0.29, 0.717) is 5.75 Å². The van der Waals surface area contributed by atoms with Gasteiger partial charge in [0.25, 0.3) is 5.91 Å². The number of ether oxygens (including phenoxy) is 1. The van der Waals surface area contributed by atoms with Gasteiger partial charge < -0.3 is 15.2 Å². The Morgan fingerprint density at radius 2 is 2.10 bits per heavy atom. The zero-order chi connectivity index (χ0) is 14.5. The van der Waals surface area contributed by atoms with Crippen LogP contribution in [0.15, 0.2) is 42.5 Å². The maximum absolute atomic E-state index is 13.1. The fourth-order valence-corrected chi connectivity index (χ4v) is 1.75. The molecule has 5 heteroatoms. The van der Waals surface area contributed by atoms with E-state index in [4.69, 9.17) is 4.74 Å². The van der Waals surface area contributed by atoms with Crippen molar-refractivity contribution in [2.45, 2.75) is 6.54 Å². The van der Waals surface area contributed by atoms with Crippen LogP contribution in [0.4, 0.5) is 4.39 Å². The molecule has 2 rings (SSSR count). The van der Waals surface area contributed by atoms with Crippen molar-refractivity contribution in [3.05, 3.63) is 59.4 Å². The van der Waals surface area contributed by atoms with Gasteiger partial charge in [0.05, 0.1) is 12.7 Å². The summed E-state index contributed by atoms with van der Waals surface area (Å²) in [4.78, 5) is 11.9. The van der Waals surface area contributed by atoms with E-state index in [1.807, 2.05) is 6.07 Å². The average molecular weight is 275 g/mol. The van der Waals surface area contributed by atoms with Crippen molar-refractivity contribution in [2.75, 3.05) is 7.11 Å². The first-order valence-electron chi connectivity index (χ1n) is 6.00. The molecule has 0 aliphatic carbocycles. The zero-order valence-electron chi connectivity index (χ0n) is 10.9. The molecule has 0 bridgehead atoms. The lowest BCUT2D eigenvalue weighted by molar-refractivity contribution is 0.0947. The molecule has 0 saturated heterocycles. The number of halogens is 1. The number of hydrogen-bond donors (Lipinski definition) is 2. The second-order valence-corrected chi connectivity index (χ2v) is 4.20. The van der Waals surface area contributed by atoms with Gasteiger partial charge in [0.15, 0.2) is 0 Å². The van der Waals surface area contributed by atoms with Crippen LogP contribution in [-0.2, 0) is 6.54 Å². The number of phenolic OH excluding ortho intramolecular Hbond substituents is 1. The molecular weight excluding hydrogens is 261 g/mol. The van der Waals surface area contributed by atoms with Crippen molar-refractivity contribution in [3.63, 3.8) is 0 Å². The van der Waals surface area contributed by atoms with Crippen LogP contribution in [0.3, 0.4) is 0 Å². The van der Waals surface area contributed by atoms with Gasteiger partial charge in [0.1, 0.15) is 17.3 Å². The third-order valence-corrected chi connectivity index (χ3v) is 2.79. The van der Waals surface area contributed by atoms with Crippen molar-refractivity contribution < 1.29 is 19.0 Å². The van der Waals surface area contributed by atoms with Gasteiger partial charge >= 0.3 is 0 Å². The van der Waals surface area contributed by atoms with Crippen molar-refractivity contribution in [2.24, 2.45) is 0 Å². The fraction of sp³-hybridized carbons (Fsp3) is 0.133. The van der Waals surface area contributed by atoms with Crippen molar-refractivity contribution in [3.8, 4) is 11.5 Å². The van der Waals surface area contributed by atoms with Gasteiger partial charge in [-0.2, -0.15) is 0 Å². The Hall–Kier alpha value is -2.56. The number of methoxy groups -OCH3 is 1. The van der Waals surface area contributed by atoms with E-state index in [0.717, 1.165) is 23.8 Å². The van der Waals surface area contributed by atoms with Crippen LogP contribution in [0.5, 0.6) is 11.5 Å². The monoisotopic (exact) mass is 275 g/mol. The SMILES string of the molecule is COc1cccc(CNC(=O)c2cc(F)ccc2O)c1. The third kappa shape index (κ3) is 3.26. The van der Waals surface area contributed by atoms with Crippen molar-refractivity contribution in [1.29, 1.82) is 0 Å². The standard InChI is InChI=1S/C15H14FNO3/c1-20-12-4-2-3-10(7-12)9-17-15(19)13-8-11(16)5-6-14(13)18/h2-8,18H,9H2,1H3,(H,17,19). The second kappa shape index (κ2) is 6.06. The summed E-state index contributed by atoms with van der Waals surface area (Å²) in [5, 5.41) is 12.2. The molecule has 104 valence electrons. The lowest BCUT2D eigenvalue weighted by Crippen LogP contribution is -2.23. The van der Waals surface area contributed by atoms with Gasteiger partial charge in [0.2, 0.25) is 0 Å². The van der Waals surface area contributed by atoms with Crippen molar-refractivity contribution in [1.82, 2.24) is 5.32 Å². The quantitative estimate of drug-likeness (QED) is 0.901. The molecule has 0 heterocycles. The molecule has 0 aliphatic rings. The topological polar surface area (TPSA) is 58.6 Å². The van der Waals surface area contributed by atoms with E-state index in [1.54, 1.807) is 25.3 Å². The number of hydrogen-bond acceptors (Lipinski definition) is 3. The minimum absolute atomic E-state index is 0.0899. The summed E-state index contributed by atoms with van der Waals surface area (Å²) in [6, 6.07) is 10.4. The Kier molecular flexibility index (Phi) is 4.20. The number of phenols is 1. The maximum atomic E-state index is 13.1. The van der Waals surface area contributed by atoms with E-state index >= 15 is 0 Å². The number of amides is 1. The molecule has 0 atom stereocenters. The lowest BCUT2D eigenvalue weighted by atomic mass is 10.1. The Morgan fingerprint density at radius 3 is 2.85 bits per heavy atom. The van der Waals surface area contributed by atoms with E-state index in [1.165, 1.54) is 0 Å². The predicted octanol–water partition coefficient (Wildman–Crippen LogP) is 2.47. The van der Waals surface area contributed by atoms with Crippen LogP contribution in [-0.4, -0.2) is 18.1 Å². The first-order valence-corrected chi connectivity index (χ1v) is 6.00. The number of aromatic hydroxyl groups is 1. The smallest absolute Gasteiger partial charge is 0.255 e. The number of carbonyl (C=O) groups excluding carboxylic acids is 1. The summed E-state index contributed by atoms with van der Waals surface area (Å²) in [6.07, 6.45) is 0. The van der Waals surface area contributed by atoms with Crippen LogP contribution in [0.2, 0.25) is 0 Å². The molecule has 0 radical (unpaired) electrons. The van der Waals surface area contributed by atoms with Crippen LogP contribution in [0.1, 0.15) is 15.9 Å². The van der Waals surface area contributed by atoms with Gasteiger partial charge in [-0.15, -0.1) is 0 Å². The summed E-state index contributed by atoms with van der Waals surface area (Å²) in [7, 11) is 1.56. The molecule has 0 spiro atoms. The highest BCUT2D eigenvalue weighted by Crippen LogP contribution is 2.18. The summed E-state index contributed by atoms with van der Waals surface area (Å²) >= 11 is 0. The van der Waals surface area contributed by atoms with E-state index in [9.17, 15) is 14.3 Å². The molecule has 0 aliphatic heterocycles. The van der Waals surface area contributed by atoms with E-state index in [2.05, 4.69) is 5.32 Å². The zero-order valence-corrected chi connectivity index (χ0v) is 10.9. The summed E-state index contributed by atoms with van der Waals surface area (Å²) < 4.78 is 18.1. The highest BCUT2D eigenvalue weighted by atomic mass is 19.1. The van der Waals surface area contributed by atoms with Gasteiger partial charge in [-0.25, -0.2) is 4.39 Å². The minimum Gasteiger partial charge on any atom is -0.507 e. The Labute approximate surface area is 115 Å². The van der Waals surface area contributed by atoms with Gasteiger partial charge in [-0.05, 0) is 35.9 Å². The van der Waals surface area contributed by atoms with Gasteiger partial charge in [-0.3, -0.25) is 4.79 Å². The highest BCUT2D eigenvalue weighted by molar-refractivity contribution is 5.96. The minimum atomic E-state index is -0.575. The average Bonchev–Trinajstić information content (AvgIpc) is 2.47. The van der Waals surface area contributed by atoms with E-state index < -0.39 is 11.7 Å². The fourth-order valence-electron chi connectivity index (χ4n) is 1.75. The molecule has 2 aromatic carbocycles. The Morgan fingerprint density at radius 1 is 1.30 bits per heavy atom. The summed E-state index contributed by atoms with van der Waals surface area (Å²) in [5.41, 5.74) is 0.751. The number of nitrogens with one attached hydrogen (secondary N) is 1. The first-order chi connectivity index (χ1) is 9.60. The molecule has 20 heavy (non-hydrogen) atoms. The molecule has 2 N–H and O–H groups in total. The Bertz CT molecular complexity index is 628. The number of benzene rings is 2. The van der Waals surface area contributed by atoms with Crippen LogP contribution in [0.25, 0.3) is 0 Å². The molecule has 0 unspecified atom stereocenters. The van der Waals surface area contributed by atoms with Crippen molar-refractivity contribution >= 4 is 5.91 Å². The summed E-state index contributed by atoms with van der Waals surface area (Å²) in [6.45, 7) is 0.256. The number of carbonyl (C=O) groups is 1. The molecule has 4 nitrogen and oxygen atoms in total. The third-order valence-electron chi connectivity index (χ3n) is 2.79. The Balaban J connectivity index is 2.06. The van der Waals surface area contributed by atoms with Crippen LogP contribution >= 0.6 is 0 Å². The predicted molar refractivity (Wildman–Crippen MR) is 72.2 cm³/mol. The molecule has 0 fully saturated rings. The van der Waals surface area contributed by atoms with Crippen LogP contribution < -0.4 is 10.1 Å². The second-order valence-electron chi connectivity index (χ2n) is 4.20.